The normalized spacial score (nSPS) is 9.21. The number of rotatable bonds is 3. The van der Waals surface area contributed by atoms with E-state index in [1.807, 2.05) is 54.6 Å². The van der Waals surface area contributed by atoms with Crippen LogP contribution in [0.5, 0.6) is 17.2 Å². The van der Waals surface area contributed by atoms with E-state index in [2.05, 4.69) is 31.8 Å². The van der Waals surface area contributed by atoms with Crippen LogP contribution in [0.2, 0.25) is 0 Å². The lowest BCUT2D eigenvalue weighted by Gasteiger charge is -2.22. The summed E-state index contributed by atoms with van der Waals surface area (Å²) in [5.41, 5.74) is 2.43. The van der Waals surface area contributed by atoms with Gasteiger partial charge >= 0.3 is 0 Å². The molecule has 1 unspecified atom stereocenters. The zero-order chi connectivity index (χ0) is 24.3. The van der Waals surface area contributed by atoms with E-state index in [9.17, 15) is 0 Å². The summed E-state index contributed by atoms with van der Waals surface area (Å²) in [6.45, 7) is 0. The zero-order valence-corrected chi connectivity index (χ0v) is 19.2. The molecule has 0 aromatic heterocycles. The largest absolute Gasteiger partial charge is 0.499 e. The Labute approximate surface area is 200 Å². The van der Waals surface area contributed by atoms with Crippen LogP contribution in [0.15, 0.2) is 97.1 Å². The van der Waals surface area contributed by atoms with Gasteiger partial charge in [-0.2, -0.15) is 21.0 Å². The van der Waals surface area contributed by atoms with Crippen LogP contribution in [-0.4, -0.2) is 0 Å². The van der Waals surface area contributed by atoms with E-state index in [1.54, 1.807) is 48.5 Å². The molecule has 0 radical (unpaired) electrons. The van der Waals surface area contributed by atoms with E-state index in [-0.39, 0.29) is 0 Å². The first-order valence-electron chi connectivity index (χ1n) is 10.1. The molecule has 0 spiro atoms. The Morgan fingerprint density at radius 1 is 0.412 bits per heavy atom. The van der Waals surface area contributed by atoms with Gasteiger partial charge in [0.05, 0.1) is 46.5 Å². The van der Waals surface area contributed by atoms with E-state index in [4.69, 9.17) is 21.0 Å². The molecule has 5 nitrogen and oxygen atoms in total. The summed E-state index contributed by atoms with van der Waals surface area (Å²) in [5, 5.41) is 36.4. The van der Waals surface area contributed by atoms with Crippen molar-refractivity contribution in [3.05, 3.63) is 119 Å². The molecule has 0 saturated carbocycles. The predicted molar refractivity (Wildman–Crippen MR) is 133 cm³/mol. The van der Waals surface area contributed by atoms with Crippen molar-refractivity contribution in [1.82, 2.24) is 0 Å². The lowest BCUT2D eigenvalue weighted by Crippen LogP contribution is -2.05. The minimum atomic E-state index is 0.573. The highest BCUT2D eigenvalue weighted by atomic mass is 31.0. The van der Waals surface area contributed by atoms with E-state index < -0.39 is 0 Å². The SMILES string of the molecule is N#Cc1ccc(P)cc1.N#Cc1ccc([O+](c2ccc(C#N)cc2)c2ccc(C#N)cc2)cc1. The van der Waals surface area contributed by atoms with Crippen LogP contribution in [0.4, 0.5) is 0 Å². The van der Waals surface area contributed by atoms with Gasteiger partial charge in [0, 0.05) is 36.4 Å². The van der Waals surface area contributed by atoms with Gasteiger partial charge < -0.3 is 4.37 Å². The van der Waals surface area contributed by atoms with Gasteiger partial charge in [-0.05, 0) is 53.8 Å². The maximum atomic E-state index is 8.98. The van der Waals surface area contributed by atoms with Crippen LogP contribution in [0.1, 0.15) is 22.3 Å². The van der Waals surface area contributed by atoms with Crippen molar-refractivity contribution in [1.29, 1.82) is 21.0 Å². The second kappa shape index (κ2) is 11.6. The van der Waals surface area contributed by atoms with E-state index in [0.29, 0.717) is 22.3 Å². The van der Waals surface area contributed by atoms with Gasteiger partial charge in [0.25, 0.3) is 17.2 Å². The summed E-state index contributed by atoms with van der Waals surface area (Å²) < 4.78 is 3.02. The van der Waals surface area contributed by atoms with Crippen molar-refractivity contribution in [2.24, 2.45) is 0 Å². The standard InChI is InChI=1S/C21H12N3O.C7H6NP/c22-13-16-1-7-19(8-2-16)25(20-9-3-17(14-23)4-10-20)21-11-5-18(15-24)6-12-21;8-5-6-1-3-7(9)4-2-6/h1-12H;1-4H,9H2/q+1;. The minimum absolute atomic E-state index is 0.573. The molecule has 0 amide bonds. The van der Waals surface area contributed by atoms with Crippen LogP contribution in [-0.2, 0) is 0 Å². The Balaban J connectivity index is 0.000000302. The van der Waals surface area contributed by atoms with Crippen molar-refractivity contribution in [2.75, 3.05) is 0 Å². The maximum absolute atomic E-state index is 8.98. The Kier molecular flexibility index (Phi) is 8.11. The quantitative estimate of drug-likeness (QED) is 0.274. The number of hydrogen-bond donors (Lipinski definition) is 0. The van der Waals surface area contributed by atoms with Crippen LogP contribution in [0.3, 0.4) is 0 Å². The van der Waals surface area contributed by atoms with Crippen LogP contribution >= 0.6 is 9.24 Å². The van der Waals surface area contributed by atoms with Crippen molar-refractivity contribution in [2.45, 2.75) is 0 Å². The van der Waals surface area contributed by atoms with E-state index in [1.165, 1.54) is 0 Å². The van der Waals surface area contributed by atoms with Gasteiger partial charge in [-0.15, -0.1) is 9.24 Å². The Morgan fingerprint density at radius 2 is 0.647 bits per heavy atom. The fraction of sp³-hybridized carbons (Fsp3) is 0. The summed E-state index contributed by atoms with van der Waals surface area (Å²) >= 11 is 0. The highest BCUT2D eigenvalue weighted by Gasteiger charge is 2.20. The summed E-state index contributed by atoms with van der Waals surface area (Å²) in [7, 11) is 2.56. The van der Waals surface area contributed by atoms with E-state index in [0.717, 1.165) is 22.6 Å². The fourth-order valence-corrected chi connectivity index (χ4v) is 3.16. The molecule has 0 saturated heterocycles. The predicted octanol–water partition coefficient (Wildman–Crippen LogP) is 6.10. The summed E-state index contributed by atoms with van der Waals surface area (Å²) in [4.78, 5) is 0. The molecule has 4 aromatic rings. The summed E-state index contributed by atoms with van der Waals surface area (Å²) in [6, 6.07) is 37.2. The molecule has 0 aliphatic heterocycles. The molecular formula is C28H18N4OP+. The summed E-state index contributed by atoms with van der Waals surface area (Å²) in [5.74, 6) is 2.40. The Hall–Kier alpha value is -4.93. The highest BCUT2D eigenvalue weighted by molar-refractivity contribution is 7.27. The highest BCUT2D eigenvalue weighted by Crippen LogP contribution is 2.39. The van der Waals surface area contributed by atoms with Gasteiger partial charge in [-0.25, -0.2) is 0 Å². The van der Waals surface area contributed by atoms with Gasteiger partial charge in [-0.1, -0.05) is 12.1 Å². The second-order valence-electron chi connectivity index (χ2n) is 6.95. The molecule has 4 rings (SSSR count). The fourth-order valence-electron chi connectivity index (χ4n) is 2.96. The van der Waals surface area contributed by atoms with Crippen molar-refractivity contribution in [3.8, 4) is 41.5 Å². The third kappa shape index (κ3) is 6.07. The average Bonchev–Trinajstić information content (AvgIpc) is 2.91. The molecule has 160 valence electrons. The van der Waals surface area contributed by atoms with Crippen LogP contribution in [0, 0.1) is 45.3 Å². The van der Waals surface area contributed by atoms with Crippen molar-refractivity contribution < 1.29 is 4.37 Å². The number of nitriles is 4. The molecule has 4 aromatic carbocycles. The number of benzene rings is 4. The van der Waals surface area contributed by atoms with Crippen molar-refractivity contribution >= 4 is 14.5 Å². The average molecular weight is 457 g/mol. The minimum Gasteiger partial charge on any atom is -0.499 e. The lowest BCUT2D eigenvalue weighted by molar-refractivity contribution is 0.232. The molecule has 0 N–H and O–H groups in total. The molecular weight excluding hydrogens is 439 g/mol. The molecule has 34 heavy (non-hydrogen) atoms. The lowest BCUT2D eigenvalue weighted by atomic mass is 10.2. The van der Waals surface area contributed by atoms with Gasteiger partial charge in [0.15, 0.2) is 0 Å². The maximum Gasteiger partial charge on any atom is 0.267 e. The molecule has 0 aliphatic carbocycles. The summed E-state index contributed by atoms with van der Waals surface area (Å²) in [6.07, 6.45) is 0. The van der Waals surface area contributed by atoms with Crippen LogP contribution < -0.4 is 9.67 Å². The van der Waals surface area contributed by atoms with Crippen molar-refractivity contribution in [3.63, 3.8) is 0 Å². The van der Waals surface area contributed by atoms with Crippen LogP contribution in [0.25, 0.3) is 0 Å². The Morgan fingerprint density at radius 3 is 0.882 bits per heavy atom. The van der Waals surface area contributed by atoms with Gasteiger partial charge in [-0.3, -0.25) is 0 Å². The first kappa shape index (κ1) is 23.7. The number of nitrogens with zero attached hydrogens (tertiary/aromatic N) is 4. The molecule has 0 fully saturated rings. The first-order chi connectivity index (χ1) is 16.6. The first-order valence-corrected chi connectivity index (χ1v) is 10.7. The Bertz CT molecular complexity index is 1280. The molecule has 0 heterocycles. The second-order valence-corrected chi connectivity index (χ2v) is 7.62. The number of hydrogen-bond acceptors (Lipinski definition) is 4. The molecule has 1 atom stereocenters. The topological polar surface area (TPSA) is 97.9 Å². The molecule has 0 aliphatic rings. The molecule has 0 bridgehead atoms. The van der Waals surface area contributed by atoms with E-state index >= 15 is 0 Å². The smallest absolute Gasteiger partial charge is 0.267 e. The van der Waals surface area contributed by atoms with Gasteiger partial charge in [0.1, 0.15) is 0 Å². The molecule has 6 heteroatoms. The van der Waals surface area contributed by atoms with Gasteiger partial charge in [0.2, 0.25) is 0 Å². The zero-order valence-electron chi connectivity index (χ0n) is 18.0. The third-order valence-electron chi connectivity index (χ3n) is 4.70. The third-order valence-corrected chi connectivity index (χ3v) is 5.08. The monoisotopic (exact) mass is 457 g/mol.